The zero-order chi connectivity index (χ0) is 15.9. The van der Waals surface area contributed by atoms with Crippen molar-refractivity contribution in [2.75, 3.05) is 51.7 Å². The van der Waals surface area contributed by atoms with Crippen molar-refractivity contribution in [3.8, 4) is 5.75 Å². The van der Waals surface area contributed by atoms with Crippen LogP contribution >= 0.6 is 0 Å². The van der Waals surface area contributed by atoms with E-state index in [0.29, 0.717) is 6.04 Å². The topological polar surface area (TPSA) is 27.7 Å². The van der Waals surface area contributed by atoms with E-state index in [0.717, 1.165) is 31.0 Å². The van der Waals surface area contributed by atoms with Crippen molar-refractivity contribution in [3.05, 3.63) is 48.6 Å². The quantitative estimate of drug-likeness (QED) is 0.783. The van der Waals surface area contributed by atoms with Crippen LogP contribution in [-0.4, -0.2) is 62.2 Å². The molecule has 4 nitrogen and oxygen atoms in total. The summed E-state index contributed by atoms with van der Waals surface area (Å²) in [5, 5.41) is 3.46. The fraction of sp³-hybridized carbons (Fsp3) is 0.474. The molecule has 1 aromatic rings. The van der Waals surface area contributed by atoms with E-state index in [9.17, 15) is 0 Å². The Hall–Kier alpha value is -1.78. The maximum atomic E-state index is 5.91. The zero-order valence-corrected chi connectivity index (χ0v) is 13.9. The number of nitrogens with zero attached hydrogens (tertiary/aromatic N) is 2. The number of piperazine rings is 1. The smallest absolute Gasteiger partial charge is 0.121 e. The van der Waals surface area contributed by atoms with Gasteiger partial charge in [-0.05, 0) is 25.6 Å². The summed E-state index contributed by atoms with van der Waals surface area (Å²) < 4.78 is 5.91. The maximum Gasteiger partial charge on any atom is 0.121 e. The van der Waals surface area contributed by atoms with E-state index in [1.54, 1.807) is 0 Å². The average Bonchev–Trinajstić information content (AvgIpc) is 3.07. The second kappa shape index (κ2) is 8.18. The van der Waals surface area contributed by atoms with Gasteiger partial charge in [-0.15, -0.1) is 0 Å². The minimum absolute atomic E-state index is 0.294. The molecule has 4 heteroatoms. The molecule has 1 aromatic carbocycles. The molecule has 23 heavy (non-hydrogen) atoms. The number of allylic oxidation sites excluding steroid dienone is 2. The molecule has 124 valence electrons. The van der Waals surface area contributed by atoms with Crippen molar-refractivity contribution in [3.63, 3.8) is 0 Å². The van der Waals surface area contributed by atoms with Gasteiger partial charge in [0.15, 0.2) is 0 Å². The molecule has 0 aromatic heterocycles. The van der Waals surface area contributed by atoms with E-state index >= 15 is 0 Å². The third-order valence-corrected chi connectivity index (χ3v) is 4.40. The fourth-order valence-electron chi connectivity index (χ4n) is 2.95. The highest BCUT2D eigenvalue weighted by atomic mass is 16.5. The van der Waals surface area contributed by atoms with Crippen LogP contribution in [0.3, 0.4) is 0 Å². The lowest BCUT2D eigenvalue weighted by molar-refractivity contribution is 0.145. The van der Waals surface area contributed by atoms with Gasteiger partial charge >= 0.3 is 0 Å². The number of hydrogen-bond acceptors (Lipinski definition) is 4. The number of rotatable bonds is 7. The molecule has 0 radical (unpaired) electrons. The summed E-state index contributed by atoms with van der Waals surface area (Å²) >= 11 is 0. The Labute approximate surface area is 139 Å². The molecule has 0 unspecified atom stereocenters. The summed E-state index contributed by atoms with van der Waals surface area (Å²) in [4.78, 5) is 4.92. The molecule has 1 aliphatic heterocycles. The van der Waals surface area contributed by atoms with Gasteiger partial charge in [-0.2, -0.15) is 0 Å². The summed E-state index contributed by atoms with van der Waals surface area (Å²) in [7, 11) is 2.19. The van der Waals surface area contributed by atoms with E-state index in [4.69, 9.17) is 4.74 Å². The number of nitrogens with one attached hydrogen (secondary N) is 1. The molecule has 1 heterocycles. The van der Waals surface area contributed by atoms with Gasteiger partial charge in [0.05, 0.1) is 12.6 Å². The molecule has 3 rings (SSSR count). The van der Waals surface area contributed by atoms with Gasteiger partial charge in [0.25, 0.3) is 0 Å². The molecule has 1 aliphatic carbocycles. The van der Waals surface area contributed by atoms with Crippen LogP contribution in [0.4, 0.5) is 5.69 Å². The lowest BCUT2D eigenvalue weighted by atomic mass is 10.2. The van der Waals surface area contributed by atoms with Crippen LogP contribution in [0.15, 0.2) is 48.6 Å². The predicted octanol–water partition coefficient (Wildman–Crippen LogP) is 2.61. The van der Waals surface area contributed by atoms with Crippen LogP contribution in [0.25, 0.3) is 0 Å². The fourth-order valence-corrected chi connectivity index (χ4v) is 2.95. The van der Waals surface area contributed by atoms with Crippen LogP contribution in [0, 0.1) is 0 Å². The second-order valence-corrected chi connectivity index (χ2v) is 6.31. The Morgan fingerprint density at radius 3 is 2.70 bits per heavy atom. The van der Waals surface area contributed by atoms with Crippen LogP contribution in [0.2, 0.25) is 0 Å². The van der Waals surface area contributed by atoms with Crippen molar-refractivity contribution in [2.24, 2.45) is 0 Å². The monoisotopic (exact) mass is 313 g/mol. The normalized spacial score (nSPS) is 19.3. The summed E-state index contributed by atoms with van der Waals surface area (Å²) in [6.45, 7) is 6.62. The third-order valence-electron chi connectivity index (χ3n) is 4.40. The number of ether oxygens (including phenoxy) is 1. The summed E-state index contributed by atoms with van der Waals surface area (Å²) in [6, 6.07) is 8.52. The highest BCUT2D eigenvalue weighted by molar-refractivity contribution is 5.51. The molecule has 1 fully saturated rings. The Morgan fingerprint density at radius 1 is 1.13 bits per heavy atom. The van der Waals surface area contributed by atoms with Crippen molar-refractivity contribution in [2.45, 2.75) is 12.5 Å². The van der Waals surface area contributed by atoms with Gasteiger partial charge in [0.2, 0.25) is 0 Å². The van der Waals surface area contributed by atoms with Gasteiger partial charge in [0, 0.05) is 44.5 Å². The number of anilines is 1. The van der Waals surface area contributed by atoms with E-state index < -0.39 is 0 Å². The molecule has 0 atom stereocenters. The van der Waals surface area contributed by atoms with Crippen LogP contribution in [0.5, 0.6) is 5.75 Å². The Bertz CT molecular complexity index is 535. The van der Waals surface area contributed by atoms with E-state index in [-0.39, 0.29) is 0 Å². The van der Waals surface area contributed by atoms with Gasteiger partial charge in [0.1, 0.15) is 5.75 Å². The lowest BCUT2D eigenvalue weighted by Crippen LogP contribution is -2.44. The van der Waals surface area contributed by atoms with Crippen molar-refractivity contribution >= 4 is 5.69 Å². The van der Waals surface area contributed by atoms with Crippen molar-refractivity contribution in [1.29, 1.82) is 0 Å². The standard InChI is InChI=1S/C19H27N3O/c1-21-11-13-22(14-12-21)10-5-15-23-19-9-4-8-18(16-19)20-17-6-2-3-7-17/h2-4,6-9,16-17,20H,5,10-15H2,1H3. The second-order valence-electron chi connectivity index (χ2n) is 6.31. The van der Waals surface area contributed by atoms with E-state index in [1.165, 1.54) is 26.2 Å². The van der Waals surface area contributed by atoms with Crippen molar-refractivity contribution < 1.29 is 4.74 Å². The Kier molecular flexibility index (Phi) is 5.72. The number of likely N-dealkylation sites (N-methyl/N-ethyl adjacent to an activating group) is 1. The molecule has 2 aliphatic rings. The number of hydrogen-bond donors (Lipinski definition) is 1. The van der Waals surface area contributed by atoms with Crippen LogP contribution in [0.1, 0.15) is 6.42 Å². The van der Waals surface area contributed by atoms with Crippen LogP contribution in [-0.2, 0) is 0 Å². The molecule has 0 bridgehead atoms. The Morgan fingerprint density at radius 2 is 1.91 bits per heavy atom. The summed E-state index contributed by atoms with van der Waals surface area (Å²) in [6.07, 6.45) is 9.50. The molecule has 0 saturated carbocycles. The highest BCUT2D eigenvalue weighted by Crippen LogP contribution is 2.19. The molecule has 1 N–H and O–H groups in total. The zero-order valence-electron chi connectivity index (χ0n) is 13.9. The first-order valence-electron chi connectivity index (χ1n) is 8.55. The minimum atomic E-state index is 0.294. The van der Waals surface area contributed by atoms with Gasteiger partial charge < -0.3 is 19.9 Å². The van der Waals surface area contributed by atoms with E-state index in [2.05, 4.69) is 58.6 Å². The summed E-state index contributed by atoms with van der Waals surface area (Å²) in [5.74, 6) is 0.944. The van der Waals surface area contributed by atoms with Crippen LogP contribution < -0.4 is 10.1 Å². The molecular formula is C19H27N3O. The highest BCUT2D eigenvalue weighted by Gasteiger charge is 2.12. The van der Waals surface area contributed by atoms with Gasteiger partial charge in [-0.3, -0.25) is 0 Å². The third kappa shape index (κ3) is 5.12. The predicted molar refractivity (Wildman–Crippen MR) is 96.2 cm³/mol. The molecule has 0 amide bonds. The first kappa shape index (κ1) is 16.1. The number of benzene rings is 1. The largest absolute Gasteiger partial charge is 0.493 e. The lowest BCUT2D eigenvalue weighted by Gasteiger charge is -2.32. The van der Waals surface area contributed by atoms with Gasteiger partial charge in [-0.1, -0.05) is 30.4 Å². The molecule has 1 saturated heterocycles. The van der Waals surface area contributed by atoms with Gasteiger partial charge in [-0.25, -0.2) is 0 Å². The average molecular weight is 313 g/mol. The SMILES string of the molecule is CN1CCN(CCCOc2cccc(NC3C=CC=C3)c2)CC1. The van der Waals surface area contributed by atoms with Crippen molar-refractivity contribution in [1.82, 2.24) is 9.80 Å². The molecule has 0 spiro atoms. The summed E-state index contributed by atoms with van der Waals surface area (Å²) in [5.41, 5.74) is 1.10. The first-order valence-corrected chi connectivity index (χ1v) is 8.55. The maximum absolute atomic E-state index is 5.91. The Balaban J connectivity index is 1.38. The van der Waals surface area contributed by atoms with E-state index in [1.807, 2.05) is 12.1 Å². The molecular weight excluding hydrogens is 286 g/mol. The first-order chi connectivity index (χ1) is 11.3. The minimum Gasteiger partial charge on any atom is -0.493 e.